The maximum atomic E-state index is 4.65. The second kappa shape index (κ2) is 21.3. The quantitative estimate of drug-likeness (QED) is 0.128. The van der Waals surface area contributed by atoms with E-state index in [1.54, 1.807) is 0 Å². The van der Waals surface area contributed by atoms with Gasteiger partial charge in [0.1, 0.15) is 15.2 Å². The molecule has 0 bridgehead atoms. The van der Waals surface area contributed by atoms with Crippen molar-refractivity contribution >= 4 is 58.3 Å². The number of hydrogen-bond acceptors (Lipinski definition) is 2. The summed E-state index contributed by atoms with van der Waals surface area (Å²) in [5.41, 5.74) is 0. The highest BCUT2D eigenvalue weighted by Gasteiger charge is 1.97. The average Bonchev–Trinajstić information content (AvgIpc) is 2.68. The van der Waals surface area contributed by atoms with Crippen molar-refractivity contribution in [2.75, 3.05) is 13.1 Å². The summed E-state index contributed by atoms with van der Waals surface area (Å²) in [6, 6.07) is 6.29. The third kappa shape index (κ3) is 21.9. The van der Waals surface area contributed by atoms with Gasteiger partial charge in [-0.3, -0.25) is 0 Å². The predicted molar refractivity (Wildman–Crippen MR) is 138 cm³/mol. The molecular formula is C21H38N3S4+. The summed E-state index contributed by atoms with van der Waals surface area (Å²) < 4.78 is 3.27. The summed E-state index contributed by atoms with van der Waals surface area (Å²) >= 11 is 17.0. The molecule has 160 valence electrons. The summed E-state index contributed by atoms with van der Waals surface area (Å²) in [5.74, 6) is 0. The minimum atomic E-state index is 0.492. The first-order chi connectivity index (χ1) is 13.6. The first-order valence-corrected chi connectivity index (χ1v) is 12.1. The second-order valence-electron chi connectivity index (χ2n) is 6.76. The molecule has 0 aliphatic rings. The molecule has 0 aliphatic carbocycles. The minimum absolute atomic E-state index is 0.492. The number of nitrogens with zero attached hydrogens (tertiary/aromatic N) is 1. The van der Waals surface area contributed by atoms with Gasteiger partial charge in [-0.25, -0.2) is 4.57 Å². The molecule has 1 aromatic heterocycles. The topological polar surface area (TPSA) is 27.9 Å². The molecule has 2 N–H and O–H groups in total. The van der Waals surface area contributed by atoms with Crippen LogP contribution in [0.15, 0.2) is 30.6 Å². The SMILES string of the molecule is CCCCCCCCCCCC[n+]1ccccc1.S=C(S)NCCNC(=S)S. The first-order valence-electron chi connectivity index (χ1n) is 10.4. The van der Waals surface area contributed by atoms with Crippen molar-refractivity contribution in [2.24, 2.45) is 0 Å². The van der Waals surface area contributed by atoms with Crippen LogP contribution in [0.4, 0.5) is 0 Å². The van der Waals surface area contributed by atoms with E-state index in [-0.39, 0.29) is 0 Å². The van der Waals surface area contributed by atoms with Gasteiger partial charge in [-0.1, -0.05) is 88.8 Å². The van der Waals surface area contributed by atoms with E-state index in [4.69, 9.17) is 0 Å². The van der Waals surface area contributed by atoms with E-state index in [2.05, 4.69) is 102 Å². The maximum absolute atomic E-state index is 4.65. The van der Waals surface area contributed by atoms with Gasteiger partial charge in [0, 0.05) is 31.6 Å². The summed E-state index contributed by atoms with van der Waals surface area (Å²) in [4.78, 5) is 0. The summed E-state index contributed by atoms with van der Waals surface area (Å²) in [6.45, 7) is 4.88. The molecule has 3 nitrogen and oxygen atoms in total. The van der Waals surface area contributed by atoms with Crippen LogP contribution in [0.1, 0.15) is 71.1 Å². The molecule has 1 rings (SSSR count). The van der Waals surface area contributed by atoms with Crippen molar-refractivity contribution in [1.29, 1.82) is 0 Å². The maximum Gasteiger partial charge on any atom is 0.168 e. The number of aryl methyl sites for hydroxylation is 1. The van der Waals surface area contributed by atoms with E-state index in [1.807, 2.05) is 0 Å². The van der Waals surface area contributed by atoms with Crippen molar-refractivity contribution in [3.63, 3.8) is 0 Å². The lowest BCUT2D eigenvalue weighted by Crippen LogP contribution is -2.32. The molecule has 28 heavy (non-hydrogen) atoms. The lowest BCUT2D eigenvalue weighted by Gasteiger charge is -2.03. The number of nitrogens with one attached hydrogen (secondary N) is 2. The molecule has 0 aromatic carbocycles. The Hall–Kier alpha value is -0.370. The van der Waals surface area contributed by atoms with Crippen LogP contribution in [0.5, 0.6) is 0 Å². The number of hydrogen-bond donors (Lipinski definition) is 4. The van der Waals surface area contributed by atoms with Crippen molar-refractivity contribution in [2.45, 2.75) is 77.7 Å². The fourth-order valence-electron chi connectivity index (χ4n) is 2.70. The number of thiol groups is 2. The van der Waals surface area contributed by atoms with Gasteiger partial charge >= 0.3 is 0 Å². The number of thiocarbonyl (C=S) groups is 2. The first kappa shape index (κ1) is 27.6. The molecule has 0 fully saturated rings. The fraction of sp³-hybridized carbons (Fsp3) is 0.667. The number of pyridine rings is 1. The number of aromatic nitrogens is 1. The van der Waals surface area contributed by atoms with Gasteiger partial charge in [0.05, 0.1) is 0 Å². The zero-order chi connectivity index (χ0) is 20.9. The lowest BCUT2D eigenvalue weighted by atomic mass is 10.1. The Morgan fingerprint density at radius 3 is 1.57 bits per heavy atom. The molecule has 0 radical (unpaired) electrons. The largest absolute Gasteiger partial charge is 0.369 e. The van der Waals surface area contributed by atoms with Crippen LogP contribution in [-0.4, -0.2) is 21.7 Å². The van der Waals surface area contributed by atoms with Crippen LogP contribution >= 0.6 is 49.7 Å². The summed E-state index contributed by atoms with van der Waals surface area (Å²) in [7, 11) is 0. The molecule has 0 unspecified atom stereocenters. The molecule has 0 saturated carbocycles. The molecule has 0 amide bonds. The van der Waals surface area contributed by atoms with Gasteiger partial charge in [0.25, 0.3) is 0 Å². The van der Waals surface area contributed by atoms with E-state index < -0.39 is 0 Å². The van der Waals surface area contributed by atoms with Gasteiger partial charge in [-0.2, -0.15) is 0 Å². The third-order valence-corrected chi connectivity index (χ3v) is 4.83. The van der Waals surface area contributed by atoms with E-state index >= 15 is 0 Å². The minimum Gasteiger partial charge on any atom is -0.369 e. The Balaban J connectivity index is 0.000000621. The molecule has 0 saturated heterocycles. The number of unbranched alkanes of at least 4 members (excludes halogenated alkanes) is 9. The fourth-order valence-corrected chi connectivity index (χ4v) is 3.13. The van der Waals surface area contributed by atoms with Crippen LogP contribution in [0.25, 0.3) is 0 Å². The van der Waals surface area contributed by atoms with Crippen LogP contribution in [0, 0.1) is 0 Å². The Bertz CT molecular complexity index is 482. The van der Waals surface area contributed by atoms with E-state index in [9.17, 15) is 0 Å². The van der Waals surface area contributed by atoms with Crippen LogP contribution in [0.2, 0.25) is 0 Å². The lowest BCUT2D eigenvalue weighted by molar-refractivity contribution is -0.697. The predicted octanol–water partition coefficient (Wildman–Crippen LogP) is 5.49. The third-order valence-electron chi connectivity index (χ3n) is 4.22. The standard InChI is InChI=1S/C17H30N.C4H8N2S4/c1-2-3-4-5-6-7-8-9-10-12-15-18-16-13-11-14-17-18;7-3(8)5-1-2-6-4(9)10/h11,13-14,16-17H,2-10,12,15H2,1H3;1-2H2,(H2,5,7,8)(H2,6,9,10)/q+1;. The Kier molecular flexibility index (Phi) is 21.1. The zero-order valence-corrected chi connectivity index (χ0v) is 20.7. The zero-order valence-electron chi connectivity index (χ0n) is 17.2. The van der Waals surface area contributed by atoms with Crippen molar-refractivity contribution in [1.82, 2.24) is 10.6 Å². The van der Waals surface area contributed by atoms with Crippen molar-refractivity contribution in [3.8, 4) is 0 Å². The smallest absolute Gasteiger partial charge is 0.168 e. The van der Waals surface area contributed by atoms with Crippen molar-refractivity contribution < 1.29 is 4.57 Å². The summed E-state index contributed by atoms with van der Waals surface area (Å²) in [6.07, 6.45) is 18.5. The highest BCUT2D eigenvalue weighted by atomic mass is 32.1. The van der Waals surface area contributed by atoms with Crippen LogP contribution in [0.3, 0.4) is 0 Å². The molecular weight excluding hydrogens is 423 g/mol. The molecule has 1 aromatic rings. The Morgan fingerprint density at radius 2 is 1.14 bits per heavy atom. The van der Waals surface area contributed by atoms with E-state index in [0.717, 1.165) is 0 Å². The Labute approximate surface area is 194 Å². The van der Waals surface area contributed by atoms with E-state index in [1.165, 1.54) is 70.8 Å². The van der Waals surface area contributed by atoms with Crippen molar-refractivity contribution in [3.05, 3.63) is 30.6 Å². The molecule has 0 aliphatic heterocycles. The molecule has 0 spiro atoms. The molecule has 1 heterocycles. The monoisotopic (exact) mass is 460 g/mol. The number of rotatable bonds is 14. The van der Waals surface area contributed by atoms with Crippen LogP contribution in [-0.2, 0) is 6.54 Å². The molecule has 0 atom stereocenters. The summed E-state index contributed by atoms with van der Waals surface area (Å²) in [5, 5.41) is 5.68. The van der Waals surface area contributed by atoms with Gasteiger partial charge in [0.15, 0.2) is 12.4 Å². The van der Waals surface area contributed by atoms with Gasteiger partial charge < -0.3 is 10.6 Å². The average molecular weight is 461 g/mol. The van der Waals surface area contributed by atoms with Gasteiger partial charge in [0.2, 0.25) is 0 Å². The van der Waals surface area contributed by atoms with Gasteiger partial charge in [-0.15, -0.1) is 25.3 Å². The highest BCUT2D eigenvalue weighted by Crippen LogP contribution is 2.10. The van der Waals surface area contributed by atoms with Crippen LogP contribution < -0.4 is 15.2 Å². The highest BCUT2D eigenvalue weighted by molar-refractivity contribution is 8.11. The van der Waals surface area contributed by atoms with Gasteiger partial charge in [-0.05, 0) is 6.42 Å². The molecule has 7 heteroatoms. The Morgan fingerprint density at radius 1 is 0.714 bits per heavy atom. The van der Waals surface area contributed by atoms with E-state index in [0.29, 0.717) is 21.7 Å². The second-order valence-corrected chi connectivity index (χ2v) is 9.08. The normalized spacial score (nSPS) is 9.96.